The Labute approximate surface area is 87.5 Å². The molecular weight excluding hydrogens is 199 g/mol. The predicted molar refractivity (Wildman–Crippen MR) is 53.0 cm³/mol. The van der Waals surface area contributed by atoms with Crippen LogP contribution in [-0.2, 0) is 4.79 Å². The van der Waals surface area contributed by atoms with Crippen molar-refractivity contribution in [1.29, 1.82) is 0 Å². The highest BCUT2D eigenvalue weighted by atomic mass is 19.1. The standard InChI is InChI=1S/C10H13FN2O2/c1-6(13-7(2)14)9-4-10(15-3)8(11)5-12-9/h4-6H,1-3H3,(H,13,14)/t6-/m0/s1. The molecule has 1 amide bonds. The lowest BCUT2D eigenvalue weighted by atomic mass is 10.2. The SMILES string of the molecule is COc1cc([C@H](C)NC(C)=O)ncc1F. The van der Waals surface area contributed by atoms with Gasteiger partial charge in [-0.05, 0) is 6.92 Å². The molecule has 1 aromatic heterocycles. The molecule has 0 unspecified atom stereocenters. The predicted octanol–water partition coefficient (Wildman–Crippen LogP) is 1.43. The third-order valence-electron chi connectivity index (χ3n) is 1.92. The Morgan fingerprint density at radius 3 is 2.87 bits per heavy atom. The quantitative estimate of drug-likeness (QED) is 0.824. The van der Waals surface area contributed by atoms with Gasteiger partial charge in [0.15, 0.2) is 11.6 Å². The second kappa shape index (κ2) is 4.72. The number of rotatable bonds is 3. The van der Waals surface area contributed by atoms with Crippen LogP contribution in [0.25, 0.3) is 0 Å². The summed E-state index contributed by atoms with van der Waals surface area (Å²) in [6.45, 7) is 3.18. The van der Waals surface area contributed by atoms with Gasteiger partial charge >= 0.3 is 0 Å². The molecule has 82 valence electrons. The molecule has 0 saturated heterocycles. The molecule has 0 aliphatic carbocycles. The van der Waals surface area contributed by atoms with Crippen LogP contribution in [0.5, 0.6) is 5.75 Å². The van der Waals surface area contributed by atoms with Gasteiger partial charge in [0.25, 0.3) is 0 Å². The maximum atomic E-state index is 13.0. The van der Waals surface area contributed by atoms with Gasteiger partial charge in [-0.1, -0.05) is 0 Å². The van der Waals surface area contributed by atoms with Crippen molar-refractivity contribution in [3.05, 3.63) is 23.8 Å². The number of amides is 1. The monoisotopic (exact) mass is 212 g/mol. The van der Waals surface area contributed by atoms with Crippen LogP contribution >= 0.6 is 0 Å². The van der Waals surface area contributed by atoms with Gasteiger partial charge in [0.05, 0.1) is 25.0 Å². The van der Waals surface area contributed by atoms with Crippen molar-refractivity contribution in [2.24, 2.45) is 0 Å². The van der Waals surface area contributed by atoms with E-state index in [0.717, 1.165) is 6.20 Å². The van der Waals surface area contributed by atoms with Gasteiger partial charge in [-0.2, -0.15) is 0 Å². The zero-order valence-corrected chi connectivity index (χ0v) is 8.87. The molecule has 0 aliphatic heterocycles. The first-order chi connectivity index (χ1) is 7.04. The van der Waals surface area contributed by atoms with E-state index in [1.165, 1.54) is 20.1 Å². The fraction of sp³-hybridized carbons (Fsp3) is 0.400. The van der Waals surface area contributed by atoms with E-state index >= 15 is 0 Å². The second-order valence-electron chi connectivity index (χ2n) is 3.17. The Kier molecular flexibility index (Phi) is 3.60. The van der Waals surface area contributed by atoms with Crippen LogP contribution in [0.4, 0.5) is 4.39 Å². The van der Waals surface area contributed by atoms with E-state index < -0.39 is 5.82 Å². The van der Waals surface area contributed by atoms with Crippen LogP contribution in [-0.4, -0.2) is 18.0 Å². The Morgan fingerprint density at radius 1 is 1.67 bits per heavy atom. The van der Waals surface area contributed by atoms with Gasteiger partial charge < -0.3 is 10.1 Å². The number of methoxy groups -OCH3 is 1. The highest BCUT2D eigenvalue weighted by molar-refractivity contribution is 5.73. The molecule has 15 heavy (non-hydrogen) atoms. The van der Waals surface area contributed by atoms with Crippen LogP contribution in [0.2, 0.25) is 0 Å². The van der Waals surface area contributed by atoms with E-state index in [9.17, 15) is 9.18 Å². The number of halogens is 1. The average Bonchev–Trinajstić information content (AvgIpc) is 2.17. The molecule has 0 saturated carbocycles. The summed E-state index contributed by atoms with van der Waals surface area (Å²) in [5.74, 6) is -0.555. The summed E-state index contributed by atoms with van der Waals surface area (Å²) in [5, 5.41) is 2.65. The first kappa shape index (κ1) is 11.4. The molecule has 0 radical (unpaired) electrons. The van der Waals surface area contributed by atoms with Crippen molar-refractivity contribution in [3.8, 4) is 5.75 Å². The first-order valence-corrected chi connectivity index (χ1v) is 4.51. The average molecular weight is 212 g/mol. The molecule has 4 nitrogen and oxygen atoms in total. The topological polar surface area (TPSA) is 51.2 Å². The molecule has 1 rings (SSSR count). The fourth-order valence-electron chi connectivity index (χ4n) is 1.21. The van der Waals surface area contributed by atoms with E-state index in [-0.39, 0.29) is 17.7 Å². The normalized spacial score (nSPS) is 12.0. The molecular formula is C10H13FN2O2. The van der Waals surface area contributed by atoms with Crippen LogP contribution < -0.4 is 10.1 Å². The fourth-order valence-corrected chi connectivity index (χ4v) is 1.21. The van der Waals surface area contributed by atoms with Gasteiger partial charge in [-0.25, -0.2) is 4.39 Å². The summed E-state index contributed by atoms with van der Waals surface area (Å²) < 4.78 is 17.8. The summed E-state index contributed by atoms with van der Waals surface area (Å²) in [7, 11) is 1.38. The van der Waals surface area contributed by atoms with Gasteiger partial charge in [0.2, 0.25) is 5.91 Å². The van der Waals surface area contributed by atoms with Crippen LogP contribution in [0.3, 0.4) is 0 Å². The van der Waals surface area contributed by atoms with Crippen LogP contribution in [0.1, 0.15) is 25.6 Å². The minimum atomic E-state index is -0.517. The Bertz CT molecular complexity index is 368. The lowest BCUT2D eigenvalue weighted by molar-refractivity contribution is -0.119. The lowest BCUT2D eigenvalue weighted by Gasteiger charge is -2.12. The van der Waals surface area contributed by atoms with Crippen molar-refractivity contribution < 1.29 is 13.9 Å². The Balaban J connectivity index is 2.90. The van der Waals surface area contributed by atoms with Gasteiger partial charge in [-0.15, -0.1) is 0 Å². The van der Waals surface area contributed by atoms with Gasteiger partial charge in [0, 0.05) is 13.0 Å². The molecule has 5 heteroatoms. The number of carbonyl (C=O) groups is 1. The molecule has 0 fully saturated rings. The minimum absolute atomic E-state index is 0.122. The number of carbonyl (C=O) groups excluding carboxylic acids is 1. The zero-order chi connectivity index (χ0) is 11.4. The molecule has 1 atom stereocenters. The number of hydrogen-bond donors (Lipinski definition) is 1. The van der Waals surface area contributed by atoms with Crippen LogP contribution in [0, 0.1) is 5.82 Å². The molecule has 0 spiro atoms. The minimum Gasteiger partial charge on any atom is -0.494 e. The Hall–Kier alpha value is -1.65. The zero-order valence-electron chi connectivity index (χ0n) is 8.87. The third kappa shape index (κ3) is 2.90. The van der Waals surface area contributed by atoms with Crippen molar-refractivity contribution in [2.75, 3.05) is 7.11 Å². The molecule has 0 bridgehead atoms. The highest BCUT2D eigenvalue weighted by Crippen LogP contribution is 2.19. The largest absolute Gasteiger partial charge is 0.494 e. The number of nitrogens with zero attached hydrogens (tertiary/aromatic N) is 1. The Morgan fingerprint density at radius 2 is 2.33 bits per heavy atom. The van der Waals surface area contributed by atoms with Gasteiger partial charge in [0.1, 0.15) is 0 Å². The van der Waals surface area contributed by atoms with E-state index in [0.29, 0.717) is 5.69 Å². The maximum absolute atomic E-state index is 13.0. The first-order valence-electron chi connectivity index (χ1n) is 4.51. The van der Waals surface area contributed by atoms with Crippen molar-refractivity contribution in [2.45, 2.75) is 19.9 Å². The number of ether oxygens (including phenoxy) is 1. The van der Waals surface area contributed by atoms with E-state index in [1.807, 2.05) is 0 Å². The third-order valence-corrected chi connectivity index (χ3v) is 1.92. The summed E-state index contributed by atoms with van der Waals surface area (Å²) in [6, 6.07) is 1.20. The van der Waals surface area contributed by atoms with Crippen molar-refractivity contribution in [3.63, 3.8) is 0 Å². The highest BCUT2D eigenvalue weighted by Gasteiger charge is 2.11. The van der Waals surface area contributed by atoms with E-state index in [2.05, 4.69) is 10.3 Å². The van der Waals surface area contributed by atoms with Crippen molar-refractivity contribution >= 4 is 5.91 Å². The smallest absolute Gasteiger partial charge is 0.217 e. The second-order valence-corrected chi connectivity index (χ2v) is 3.17. The molecule has 1 N–H and O–H groups in total. The van der Waals surface area contributed by atoms with E-state index in [4.69, 9.17) is 4.74 Å². The molecule has 1 aromatic rings. The number of aromatic nitrogens is 1. The maximum Gasteiger partial charge on any atom is 0.217 e. The summed E-state index contributed by atoms with van der Waals surface area (Å²) >= 11 is 0. The van der Waals surface area contributed by atoms with Gasteiger partial charge in [-0.3, -0.25) is 9.78 Å². The number of hydrogen-bond acceptors (Lipinski definition) is 3. The van der Waals surface area contributed by atoms with E-state index in [1.54, 1.807) is 6.92 Å². The van der Waals surface area contributed by atoms with Crippen LogP contribution in [0.15, 0.2) is 12.3 Å². The molecule has 1 heterocycles. The summed E-state index contributed by atoms with van der Waals surface area (Å²) in [6.07, 6.45) is 1.08. The number of nitrogens with one attached hydrogen (secondary N) is 1. The summed E-state index contributed by atoms with van der Waals surface area (Å²) in [5.41, 5.74) is 0.559. The summed E-state index contributed by atoms with van der Waals surface area (Å²) in [4.78, 5) is 14.7. The molecule has 0 aromatic carbocycles. The number of pyridine rings is 1. The van der Waals surface area contributed by atoms with Crippen molar-refractivity contribution in [1.82, 2.24) is 10.3 Å². The lowest BCUT2D eigenvalue weighted by Crippen LogP contribution is -2.24. The molecule has 0 aliphatic rings.